The Morgan fingerprint density at radius 3 is 3.20 bits per heavy atom. The smallest absolute Gasteiger partial charge is 0.0475 e. The van der Waals surface area contributed by atoms with E-state index in [9.17, 15) is 0 Å². The van der Waals surface area contributed by atoms with Gasteiger partial charge in [-0.1, -0.05) is 0 Å². The zero-order chi connectivity index (χ0) is 6.97. The first-order chi connectivity index (χ1) is 4.88. The van der Waals surface area contributed by atoms with E-state index in [1.807, 2.05) is 12.4 Å². The summed E-state index contributed by atoms with van der Waals surface area (Å²) in [5, 5.41) is 5.74. The molecule has 1 aromatic rings. The molecular formula is C8H10N2. The summed E-state index contributed by atoms with van der Waals surface area (Å²) in [5.41, 5.74) is 1.38. The Bertz CT molecular complexity index is 346. The molecule has 2 rings (SSSR count). The fraction of sp³-hybridized carbons (Fsp3) is 0.250. The van der Waals surface area contributed by atoms with E-state index in [4.69, 9.17) is 0 Å². The minimum absolute atomic E-state index is 0.966. The van der Waals surface area contributed by atoms with Crippen LogP contribution in [0.5, 0.6) is 0 Å². The van der Waals surface area contributed by atoms with Gasteiger partial charge in [-0.25, -0.2) is 0 Å². The summed E-state index contributed by atoms with van der Waals surface area (Å²) in [5.74, 6) is 0. The zero-order valence-electron chi connectivity index (χ0n) is 5.94. The van der Waals surface area contributed by atoms with Crippen LogP contribution in [0.3, 0.4) is 0 Å². The number of fused-ring (bicyclic) bond motifs is 1. The second-order valence-electron chi connectivity index (χ2n) is 2.61. The maximum Gasteiger partial charge on any atom is 0.0475 e. The molecule has 2 nitrogen and oxygen atoms in total. The summed E-state index contributed by atoms with van der Waals surface area (Å²) in [6, 6.07) is 2.07. The van der Waals surface area contributed by atoms with Crippen molar-refractivity contribution in [3.8, 4) is 0 Å². The predicted octanol–water partition coefficient (Wildman–Crippen LogP) is -0.474. The van der Waals surface area contributed by atoms with Gasteiger partial charge in [-0.15, -0.1) is 0 Å². The average molecular weight is 134 g/mol. The van der Waals surface area contributed by atoms with Gasteiger partial charge in [0.2, 0.25) is 0 Å². The summed E-state index contributed by atoms with van der Waals surface area (Å²) in [7, 11) is 0. The van der Waals surface area contributed by atoms with Crippen molar-refractivity contribution < 1.29 is 0 Å². The molecule has 0 saturated heterocycles. The first-order valence-corrected chi connectivity index (χ1v) is 3.45. The van der Waals surface area contributed by atoms with Crippen molar-refractivity contribution in [1.29, 1.82) is 0 Å². The molecule has 0 unspecified atom stereocenters. The van der Waals surface area contributed by atoms with Crippen LogP contribution >= 0.6 is 0 Å². The summed E-state index contributed by atoms with van der Waals surface area (Å²) in [4.78, 5) is 3.20. The molecule has 2 N–H and O–H groups in total. The molecule has 0 spiro atoms. The first-order valence-electron chi connectivity index (χ1n) is 3.45. The lowest BCUT2D eigenvalue weighted by Crippen LogP contribution is -2.34. The fourth-order valence-electron chi connectivity index (χ4n) is 1.27. The highest BCUT2D eigenvalue weighted by Gasteiger charge is 1.97. The molecule has 0 bridgehead atoms. The van der Waals surface area contributed by atoms with E-state index >= 15 is 0 Å². The van der Waals surface area contributed by atoms with Crippen LogP contribution in [0.15, 0.2) is 12.3 Å². The van der Waals surface area contributed by atoms with E-state index in [0.717, 1.165) is 6.54 Å². The number of aromatic amines is 1. The molecule has 0 atom stereocenters. The van der Waals surface area contributed by atoms with Gasteiger partial charge < -0.3 is 10.3 Å². The molecule has 10 heavy (non-hydrogen) atoms. The predicted molar refractivity (Wildman–Crippen MR) is 41.6 cm³/mol. The van der Waals surface area contributed by atoms with E-state index in [2.05, 4.69) is 23.3 Å². The second-order valence-corrected chi connectivity index (χ2v) is 2.61. The fourth-order valence-corrected chi connectivity index (χ4v) is 1.27. The lowest BCUT2D eigenvalue weighted by Gasteiger charge is -2.04. The van der Waals surface area contributed by atoms with E-state index < -0.39 is 0 Å². The Hall–Kier alpha value is -1.18. The molecule has 52 valence electrons. The monoisotopic (exact) mass is 134 g/mol. The van der Waals surface area contributed by atoms with E-state index in [0.29, 0.717) is 0 Å². The van der Waals surface area contributed by atoms with Crippen molar-refractivity contribution in [2.45, 2.75) is 6.92 Å². The number of H-pyrrole nitrogens is 1. The lowest BCUT2D eigenvalue weighted by molar-refractivity contribution is 1.01. The van der Waals surface area contributed by atoms with E-state index in [1.54, 1.807) is 0 Å². The number of rotatable bonds is 0. The highest BCUT2D eigenvalue weighted by atomic mass is 14.8. The van der Waals surface area contributed by atoms with Gasteiger partial charge in [-0.3, -0.25) is 0 Å². The number of aromatic nitrogens is 1. The Balaban J connectivity index is 2.91. The van der Waals surface area contributed by atoms with Gasteiger partial charge in [-0.2, -0.15) is 0 Å². The largest absolute Gasteiger partial charge is 0.387 e. The third-order valence-electron chi connectivity index (χ3n) is 1.83. The SMILES string of the molecule is CC1=c2[nH]ccc2=CNC1. The molecule has 0 radical (unpaired) electrons. The van der Waals surface area contributed by atoms with Crippen LogP contribution in [-0.2, 0) is 0 Å². The summed E-state index contributed by atoms with van der Waals surface area (Å²) >= 11 is 0. The minimum atomic E-state index is 0.966. The Morgan fingerprint density at radius 1 is 1.50 bits per heavy atom. The molecule has 1 aliphatic heterocycles. The zero-order valence-corrected chi connectivity index (χ0v) is 5.94. The third-order valence-corrected chi connectivity index (χ3v) is 1.83. The van der Waals surface area contributed by atoms with Crippen LogP contribution in [0.4, 0.5) is 0 Å². The van der Waals surface area contributed by atoms with Gasteiger partial charge >= 0.3 is 0 Å². The molecular weight excluding hydrogens is 124 g/mol. The van der Waals surface area contributed by atoms with Crippen LogP contribution in [-0.4, -0.2) is 11.5 Å². The standard InChI is InChI=1S/C8H10N2/c1-6-4-9-5-7-2-3-10-8(6)7/h2-3,5,9-10H,4H2,1H3. The van der Waals surface area contributed by atoms with Crippen molar-refractivity contribution in [2.24, 2.45) is 0 Å². The van der Waals surface area contributed by atoms with Crippen LogP contribution in [0.25, 0.3) is 11.8 Å². The van der Waals surface area contributed by atoms with Gasteiger partial charge in [0.05, 0.1) is 0 Å². The average Bonchev–Trinajstić information content (AvgIpc) is 2.36. The molecule has 2 heteroatoms. The second kappa shape index (κ2) is 1.90. The molecule has 0 amide bonds. The molecule has 0 aliphatic carbocycles. The minimum Gasteiger partial charge on any atom is -0.387 e. The number of hydrogen-bond acceptors (Lipinski definition) is 1. The third kappa shape index (κ3) is 0.652. The summed E-state index contributed by atoms with van der Waals surface area (Å²) < 4.78 is 0. The maximum atomic E-state index is 3.20. The van der Waals surface area contributed by atoms with Crippen molar-refractivity contribution in [2.75, 3.05) is 6.54 Å². The lowest BCUT2D eigenvalue weighted by atomic mass is 10.2. The normalized spacial score (nSPS) is 15.5. The maximum absolute atomic E-state index is 3.20. The molecule has 0 saturated carbocycles. The van der Waals surface area contributed by atoms with Crippen LogP contribution in [0.1, 0.15) is 6.92 Å². The van der Waals surface area contributed by atoms with Crippen molar-refractivity contribution in [3.63, 3.8) is 0 Å². The molecule has 0 aromatic carbocycles. The Labute approximate surface area is 59.3 Å². The van der Waals surface area contributed by atoms with E-state index in [-0.39, 0.29) is 0 Å². The van der Waals surface area contributed by atoms with Gasteiger partial charge in [-0.05, 0) is 18.6 Å². The highest BCUT2D eigenvalue weighted by Crippen LogP contribution is 1.86. The summed E-state index contributed by atoms with van der Waals surface area (Å²) in [6.45, 7) is 3.10. The van der Waals surface area contributed by atoms with Crippen molar-refractivity contribution in [3.05, 3.63) is 22.8 Å². The van der Waals surface area contributed by atoms with Crippen molar-refractivity contribution >= 4 is 11.8 Å². The topological polar surface area (TPSA) is 27.8 Å². The Morgan fingerprint density at radius 2 is 2.40 bits per heavy atom. The highest BCUT2D eigenvalue weighted by molar-refractivity contribution is 5.47. The number of nitrogens with one attached hydrogen (secondary N) is 2. The van der Waals surface area contributed by atoms with Gasteiger partial charge in [0, 0.05) is 29.5 Å². The van der Waals surface area contributed by atoms with Crippen molar-refractivity contribution in [1.82, 2.24) is 10.3 Å². The van der Waals surface area contributed by atoms with E-state index in [1.165, 1.54) is 16.1 Å². The molecule has 2 heterocycles. The molecule has 0 fully saturated rings. The van der Waals surface area contributed by atoms with Gasteiger partial charge in [0.15, 0.2) is 0 Å². The first kappa shape index (κ1) is 5.59. The number of hydrogen-bond donors (Lipinski definition) is 2. The van der Waals surface area contributed by atoms with Crippen LogP contribution in [0, 0.1) is 0 Å². The summed E-state index contributed by atoms with van der Waals surface area (Å²) in [6.07, 6.45) is 4.01. The van der Waals surface area contributed by atoms with Gasteiger partial charge in [0.25, 0.3) is 0 Å². The van der Waals surface area contributed by atoms with Crippen LogP contribution in [0.2, 0.25) is 0 Å². The molecule has 1 aromatic heterocycles. The Kier molecular flexibility index (Phi) is 1.07. The molecule has 1 aliphatic rings. The van der Waals surface area contributed by atoms with Gasteiger partial charge in [0.1, 0.15) is 0 Å². The quantitative estimate of drug-likeness (QED) is 0.493. The van der Waals surface area contributed by atoms with Crippen LogP contribution < -0.4 is 15.9 Å².